The molecule has 0 atom stereocenters. The Hall–Kier alpha value is -4.19. The Bertz CT molecular complexity index is 1390. The summed E-state index contributed by atoms with van der Waals surface area (Å²) in [6.45, 7) is 3.44. The van der Waals surface area contributed by atoms with Crippen LogP contribution in [0, 0.1) is 13.8 Å². The number of hydrogen-bond donors (Lipinski definition) is 2. The Labute approximate surface area is 178 Å². The van der Waals surface area contributed by atoms with Gasteiger partial charge in [-0.25, -0.2) is 0 Å². The van der Waals surface area contributed by atoms with E-state index in [0.29, 0.717) is 28.0 Å². The topological polar surface area (TPSA) is 102 Å². The number of fused-ring (bicyclic) bond motifs is 1. The molecule has 0 unspecified atom stereocenters. The van der Waals surface area contributed by atoms with Gasteiger partial charge in [-0.1, -0.05) is 48.5 Å². The number of rotatable bonds is 4. The normalized spacial score (nSPS) is 10.8. The van der Waals surface area contributed by atoms with Crippen molar-refractivity contribution in [2.24, 2.45) is 5.73 Å². The van der Waals surface area contributed by atoms with Crippen molar-refractivity contribution in [3.8, 4) is 11.3 Å². The van der Waals surface area contributed by atoms with Crippen LogP contribution < -0.4 is 16.5 Å². The van der Waals surface area contributed by atoms with E-state index in [0.717, 1.165) is 5.56 Å². The Morgan fingerprint density at radius 3 is 2.32 bits per heavy atom. The lowest BCUT2D eigenvalue weighted by atomic mass is 10.0. The van der Waals surface area contributed by atoms with Gasteiger partial charge in [0.05, 0.1) is 22.2 Å². The molecule has 6 heteroatoms. The SMILES string of the molecule is Cc1cccc(NC(=O)c2cccc3c(=O)c(C)c(-c4ccccc4)oc23)c1C(N)=O. The van der Waals surface area contributed by atoms with E-state index in [1.54, 1.807) is 50.2 Å². The van der Waals surface area contributed by atoms with Crippen LogP contribution in [0.25, 0.3) is 22.3 Å². The highest BCUT2D eigenvalue weighted by Crippen LogP contribution is 2.28. The molecule has 31 heavy (non-hydrogen) atoms. The lowest BCUT2D eigenvalue weighted by Gasteiger charge is -2.13. The van der Waals surface area contributed by atoms with E-state index >= 15 is 0 Å². The number of hydrogen-bond acceptors (Lipinski definition) is 4. The van der Waals surface area contributed by atoms with Crippen LogP contribution in [0.15, 0.2) is 75.9 Å². The van der Waals surface area contributed by atoms with Crippen molar-refractivity contribution < 1.29 is 14.0 Å². The van der Waals surface area contributed by atoms with Crippen molar-refractivity contribution in [1.82, 2.24) is 0 Å². The maximum atomic E-state index is 13.1. The van der Waals surface area contributed by atoms with Crippen molar-refractivity contribution in [2.75, 3.05) is 5.32 Å². The first-order valence-electron chi connectivity index (χ1n) is 9.71. The van der Waals surface area contributed by atoms with Crippen LogP contribution in [0.5, 0.6) is 0 Å². The Morgan fingerprint density at radius 2 is 1.61 bits per heavy atom. The second kappa shape index (κ2) is 7.91. The van der Waals surface area contributed by atoms with E-state index in [1.807, 2.05) is 30.3 Å². The van der Waals surface area contributed by atoms with Gasteiger partial charge in [0.15, 0.2) is 11.0 Å². The second-order valence-corrected chi connectivity index (χ2v) is 7.25. The van der Waals surface area contributed by atoms with Crippen LogP contribution in [0.3, 0.4) is 0 Å². The molecule has 0 aliphatic rings. The summed E-state index contributed by atoms with van der Waals surface area (Å²) in [6, 6.07) is 19.1. The van der Waals surface area contributed by atoms with E-state index in [-0.39, 0.29) is 22.1 Å². The Balaban J connectivity index is 1.87. The molecular weight excluding hydrogens is 392 g/mol. The minimum atomic E-state index is -0.639. The first-order valence-corrected chi connectivity index (χ1v) is 9.71. The molecule has 1 aromatic heterocycles. The van der Waals surface area contributed by atoms with Crippen LogP contribution >= 0.6 is 0 Å². The average molecular weight is 412 g/mol. The quantitative estimate of drug-likeness (QED) is 0.518. The van der Waals surface area contributed by atoms with Gasteiger partial charge in [0.25, 0.3) is 11.8 Å². The first kappa shape index (κ1) is 20.1. The third-order valence-corrected chi connectivity index (χ3v) is 5.19. The molecule has 0 fully saturated rings. The lowest BCUT2D eigenvalue weighted by molar-refractivity contribution is 0.100. The molecule has 2 amide bonds. The fourth-order valence-corrected chi connectivity index (χ4v) is 3.64. The van der Waals surface area contributed by atoms with Crippen molar-refractivity contribution in [1.29, 1.82) is 0 Å². The minimum absolute atomic E-state index is 0.183. The molecule has 3 N–H and O–H groups in total. The maximum Gasteiger partial charge on any atom is 0.259 e. The summed E-state index contributed by atoms with van der Waals surface area (Å²) < 4.78 is 6.10. The van der Waals surface area contributed by atoms with Gasteiger partial charge in [0, 0.05) is 11.1 Å². The summed E-state index contributed by atoms with van der Waals surface area (Å²) in [5.41, 5.74) is 8.04. The molecule has 4 aromatic rings. The fourth-order valence-electron chi connectivity index (χ4n) is 3.64. The predicted octanol–water partition coefficient (Wildman–Crippen LogP) is 4.43. The summed E-state index contributed by atoms with van der Waals surface area (Å²) in [6.07, 6.45) is 0. The molecule has 3 aromatic carbocycles. The van der Waals surface area contributed by atoms with Gasteiger partial charge >= 0.3 is 0 Å². The molecule has 154 valence electrons. The molecular formula is C25H20N2O4. The van der Waals surface area contributed by atoms with Crippen molar-refractivity contribution in [3.63, 3.8) is 0 Å². The minimum Gasteiger partial charge on any atom is -0.455 e. The number of primary amides is 1. The number of benzene rings is 3. The zero-order valence-corrected chi connectivity index (χ0v) is 17.1. The zero-order valence-electron chi connectivity index (χ0n) is 17.1. The third kappa shape index (κ3) is 3.59. The number of carbonyl (C=O) groups excluding carboxylic acids is 2. The van der Waals surface area contributed by atoms with Gasteiger partial charge in [0.1, 0.15) is 5.76 Å². The van der Waals surface area contributed by atoms with Crippen LogP contribution in [-0.4, -0.2) is 11.8 Å². The first-order chi connectivity index (χ1) is 14.9. The number of carbonyl (C=O) groups is 2. The molecule has 0 aliphatic carbocycles. The summed E-state index contributed by atoms with van der Waals surface area (Å²) in [7, 11) is 0. The van der Waals surface area contributed by atoms with Gasteiger partial charge in [-0.2, -0.15) is 0 Å². The standard InChI is InChI=1S/C25H20N2O4/c1-14-8-6-13-19(20(14)24(26)29)27-25(30)18-12-7-11-17-21(28)15(2)22(31-23(17)18)16-9-4-3-5-10-16/h3-13H,1-2H3,(H2,26,29)(H,27,30). The van der Waals surface area contributed by atoms with E-state index in [2.05, 4.69) is 5.32 Å². The summed E-state index contributed by atoms with van der Waals surface area (Å²) in [5, 5.41) is 3.04. The Kier molecular flexibility index (Phi) is 5.13. The molecule has 0 bridgehead atoms. The molecule has 0 radical (unpaired) electrons. The summed E-state index contributed by atoms with van der Waals surface area (Å²) >= 11 is 0. The molecule has 0 saturated heterocycles. The second-order valence-electron chi connectivity index (χ2n) is 7.25. The van der Waals surface area contributed by atoms with E-state index in [4.69, 9.17) is 10.2 Å². The van der Waals surface area contributed by atoms with Gasteiger partial charge in [0.2, 0.25) is 0 Å². The van der Waals surface area contributed by atoms with Crippen LogP contribution in [0.1, 0.15) is 31.8 Å². The highest BCUT2D eigenvalue weighted by atomic mass is 16.3. The number of anilines is 1. The smallest absolute Gasteiger partial charge is 0.259 e. The number of aryl methyl sites for hydroxylation is 1. The van der Waals surface area contributed by atoms with Crippen LogP contribution in [0.2, 0.25) is 0 Å². The number of para-hydroxylation sites is 1. The van der Waals surface area contributed by atoms with E-state index in [1.165, 1.54) is 0 Å². The molecule has 0 saturated carbocycles. The fraction of sp³-hybridized carbons (Fsp3) is 0.0800. The highest BCUT2D eigenvalue weighted by molar-refractivity contribution is 6.14. The maximum absolute atomic E-state index is 13.1. The third-order valence-electron chi connectivity index (χ3n) is 5.19. The Morgan fingerprint density at radius 1 is 0.903 bits per heavy atom. The van der Waals surface area contributed by atoms with Gasteiger partial charge in [-0.15, -0.1) is 0 Å². The van der Waals surface area contributed by atoms with Crippen molar-refractivity contribution in [2.45, 2.75) is 13.8 Å². The molecule has 1 heterocycles. The molecule has 0 aliphatic heterocycles. The number of amides is 2. The lowest BCUT2D eigenvalue weighted by Crippen LogP contribution is -2.20. The van der Waals surface area contributed by atoms with Crippen LogP contribution in [0.4, 0.5) is 5.69 Å². The zero-order chi connectivity index (χ0) is 22.1. The van der Waals surface area contributed by atoms with Gasteiger partial charge in [-0.05, 0) is 37.6 Å². The highest BCUT2D eigenvalue weighted by Gasteiger charge is 2.20. The molecule has 4 rings (SSSR count). The van der Waals surface area contributed by atoms with Crippen LogP contribution in [-0.2, 0) is 0 Å². The van der Waals surface area contributed by atoms with E-state index in [9.17, 15) is 14.4 Å². The van der Waals surface area contributed by atoms with Crippen molar-refractivity contribution >= 4 is 28.5 Å². The summed E-state index contributed by atoms with van der Waals surface area (Å²) in [4.78, 5) is 38.0. The average Bonchev–Trinajstić information content (AvgIpc) is 2.76. The number of nitrogens with one attached hydrogen (secondary N) is 1. The van der Waals surface area contributed by atoms with Gasteiger partial charge in [-0.3, -0.25) is 14.4 Å². The largest absolute Gasteiger partial charge is 0.455 e. The molecule has 6 nitrogen and oxygen atoms in total. The monoisotopic (exact) mass is 412 g/mol. The van der Waals surface area contributed by atoms with Gasteiger partial charge < -0.3 is 15.5 Å². The number of nitrogens with two attached hydrogens (primary N) is 1. The molecule has 0 spiro atoms. The van der Waals surface area contributed by atoms with E-state index < -0.39 is 11.8 Å². The van der Waals surface area contributed by atoms with Crippen molar-refractivity contribution in [3.05, 3.63) is 99.2 Å². The predicted molar refractivity (Wildman–Crippen MR) is 120 cm³/mol. The summed E-state index contributed by atoms with van der Waals surface area (Å²) in [5.74, 6) is -0.740.